The summed E-state index contributed by atoms with van der Waals surface area (Å²) in [6, 6.07) is 11.8. The van der Waals surface area contributed by atoms with Crippen molar-refractivity contribution in [2.24, 2.45) is 0 Å². The number of aromatic nitrogens is 1. The summed E-state index contributed by atoms with van der Waals surface area (Å²) < 4.78 is 1.14. The van der Waals surface area contributed by atoms with Crippen LogP contribution in [0.1, 0.15) is 11.1 Å². The average molecular weight is 329 g/mol. The molecule has 2 rings (SSSR count). The Morgan fingerprint density at radius 3 is 2.53 bits per heavy atom. The van der Waals surface area contributed by atoms with E-state index in [9.17, 15) is 0 Å². The van der Waals surface area contributed by atoms with Crippen molar-refractivity contribution in [2.75, 3.05) is 0 Å². The van der Waals surface area contributed by atoms with E-state index in [-0.39, 0.29) is 0 Å². The van der Waals surface area contributed by atoms with E-state index in [1.165, 1.54) is 0 Å². The number of hydrogen-bond acceptors (Lipinski definition) is 1. The molecule has 1 aromatic carbocycles. The second kappa shape index (κ2) is 6.08. The van der Waals surface area contributed by atoms with Gasteiger partial charge >= 0.3 is 0 Å². The summed E-state index contributed by atoms with van der Waals surface area (Å²) >= 11 is 2.26. The summed E-state index contributed by atoms with van der Waals surface area (Å²) in [5.41, 5.74) is 1.89. The van der Waals surface area contributed by atoms with Crippen molar-refractivity contribution in [3.8, 4) is 23.7 Å². The molecule has 0 saturated carbocycles. The molecule has 0 bridgehead atoms. The summed E-state index contributed by atoms with van der Waals surface area (Å²) in [5, 5.41) is 0. The van der Waals surface area contributed by atoms with Gasteiger partial charge in [0, 0.05) is 27.1 Å². The Hall–Kier alpha value is -1.78. The molecule has 1 nitrogen and oxygen atoms in total. The van der Waals surface area contributed by atoms with Crippen LogP contribution in [0, 0.1) is 27.3 Å². The van der Waals surface area contributed by atoms with Crippen molar-refractivity contribution in [3.63, 3.8) is 0 Å². The maximum atomic E-state index is 3.98. The smallest absolute Gasteiger partial charge is 0.0439 e. The zero-order chi connectivity index (χ0) is 11.9. The van der Waals surface area contributed by atoms with Crippen LogP contribution in [-0.4, -0.2) is 4.98 Å². The number of rotatable bonds is 0. The molecule has 0 saturated heterocycles. The third-order valence-electron chi connectivity index (χ3n) is 2.00. The van der Waals surface area contributed by atoms with E-state index in [0.717, 1.165) is 14.7 Å². The monoisotopic (exact) mass is 329 g/mol. The van der Waals surface area contributed by atoms with Crippen LogP contribution in [0.4, 0.5) is 0 Å². The number of hydrogen-bond donors (Lipinski definition) is 0. The Balaban J connectivity index is 2.15. The Morgan fingerprint density at radius 1 is 0.941 bits per heavy atom. The summed E-state index contributed by atoms with van der Waals surface area (Å²) in [5.74, 6) is 11.6. The Bertz CT molecular complexity index is 624. The van der Waals surface area contributed by atoms with Gasteiger partial charge < -0.3 is 0 Å². The largest absolute Gasteiger partial charge is 0.263 e. The highest BCUT2D eigenvalue weighted by Crippen LogP contribution is 2.09. The molecule has 0 atom stereocenters. The molecule has 0 aliphatic rings. The molecule has 0 aliphatic carbocycles. The van der Waals surface area contributed by atoms with E-state index in [1.54, 1.807) is 12.4 Å². The molecule has 0 spiro atoms. The van der Waals surface area contributed by atoms with Crippen LogP contribution in [0.25, 0.3) is 0 Å². The lowest BCUT2D eigenvalue weighted by Gasteiger charge is -1.91. The summed E-state index contributed by atoms with van der Waals surface area (Å²) in [6.45, 7) is 0. The van der Waals surface area contributed by atoms with Crippen LogP contribution in [0.3, 0.4) is 0 Å². The fourth-order valence-electron chi connectivity index (χ4n) is 1.20. The third kappa shape index (κ3) is 3.62. The number of pyridine rings is 1. The lowest BCUT2D eigenvalue weighted by molar-refractivity contribution is 1.31. The molecule has 0 N–H and O–H groups in total. The molecule has 17 heavy (non-hydrogen) atoms. The highest BCUT2D eigenvalue weighted by molar-refractivity contribution is 14.1. The van der Waals surface area contributed by atoms with Crippen LogP contribution in [0.2, 0.25) is 0 Å². The fourth-order valence-corrected chi connectivity index (χ4v) is 1.72. The van der Waals surface area contributed by atoms with E-state index in [0.29, 0.717) is 0 Å². The van der Waals surface area contributed by atoms with E-state index < -0.39 is 0 Å². The Labute approximate surface area is 114 Å². The van der Waals surface area contributed by atoms with Crippen molar-refractivity contribution < 1.29 is 0 Å². The molecule has 0 unspecified atom stereocenters. The maximum absolute atomic E-state index is 3.98. The first-order chi connectivity index (χ1) is 8.36. The van der Waals surface area contributed by atoms with Gasteiger partial charge in [0.15, 0.2) is 0 Å². The van der Waals surface area contributed by atoms with E-state index in [1.807, 2.05) is 36.4 Å². The van der Waals surface area contributed by atoms with Crippen LogP contribution in [-0.2, 0) is 0 Å². The lowest BCUT2D eigenvalue weighted by Crippen LogP contribution is -1.78. The first kappa shape index (κ1) is 11.7. The predicted octanol–water partition coefficient (Wildman–Crippen LogP) is 3.09. The molecule has 1 aromatic heterocycles. The molecule has 80 valence electrons. The topological polar surface area (TPSA) is 12.9 Å². The molecule has 1 heterocycles. The Kier molecular flexibility index (Phi) is 4.18. The number of halogens is 1. The number of nitrogens with zero attached hydrogens (tertiary/aromatic N) is 1. The molecule has 0 radical (unpaired) electrons. The molecule has 0 amide bonds. The molecule has 2 heteroatoms. The average Bonchev–Trinajstić information content (AvgIpc) is 2.38. The van der Waals surface area contributed by atoms with E-state index in [4.69, 9.17) is 0 Å². The summed E-state index contributed by atoms with van der Waals surface area (Å²) in [6.07, 6.45) is 3.45. The molecular weight excluding hydrogens is 321 g/mol. The fraction of sp³-hybridized carbons (Fsp3) is 0. The van der Waals surface area contributed by atoms with Crippen LogP contribution in [0.5, 0.6) is 0 Å². The normalized spacial score (nSPS) is 8.53. The second-order valence-electron chi connectivity index (χ2n) is 3.22. The highest BCUT2D eigenvalue weighted by atomic mass is 127. The maximum Gasteiger partial charge on any atom is 0.0439 e. The summed E-state index contributed by atoms with van der Waals surface area (Å²) in [7, 11) is 0. The van der Waals surface area contributed by atoms with Crippen molar-refractivity contribution in [1.82, 2.24) is 4.98 Å². The van der Waals surface area contributed by atoms with Crippen molar-refractivity contribution in [1.29, 1.82) is 0 Å². The lowest BCUT2D eigenvalue weighted by atomic mass is 10.2. The SMILES string of the molecule is Ic1ccccc1C#CC#Cc1cccnc1. The van der Waals surface area contributed by atoms with Gasteiger partial charge in [0.05, 0.1) is 0 Å². The minimum Gasteiger partial charge on any atom is -0.263 e. The molecular formula is C15H8IN. The van der Waals surface area contributed by atoms with Gasteiger partial charge in [0.25, 0.3) is 0 Å². The minimum atomic E-state index is 0.879. The van der Waals surface area contributed by atoms with Crippen molar-refractivity contribution in [3.05, 3.63) is 63.5 Å². The van der Waals surface area contributed by atoms with Gasteiger partial charge in [-0.2, -0.15) is 0 Å². The van der Waals surface area contributed by atoms with Crippen molar-refractivity contribution >= 4 is 22.6 Å². The van der Waals surface area contributed by atoms with Crippen molar-refractivity contribution in [2.45, 2.75) is 0 Å². The third-order valence-corrected chi connectivity index (χ3v) is 2.94. The standard InChI is InChI=1S/C15H8IN/c16-15-10-4-3-9-14(15)8-2-1-6-13-7-5-11-17-12-13/h3-5,7,9-12H. The van der Waals surface area contributed by atoms with Crippen LogP contribution >= 0.6 is 22.6 Å². The predicted molar refractivity (Wildman–Crippen MR) is 77.2 cm³/mol. The quantitative estimate of drug-likeness (QED) is 0.535. The van der Waals surface area contributed by atoms with Gasteiger partial charge in [-0.15, -0.1) is 0 Å². The first-order valence-electron chi connectivity index (χ1n) is 5.03. The van der Waals surface area contributed by atoms with Crippen LogP contribution < -0.4 is 0 Å². The van der Waals surface area contributed by atoms with Gasteiger partial charge in [-0.05, 0) is 58.7 Å². The van der Waals surface area contributed by atoms with Gasteiger partial charge in [-0.3, -0.25) is 4.98 Å². The van der Waals surface area contributed by atoms with Gasteiger partial charge in [-0.1, -0.05) is 24.0 Å². The minimum absolute atomic E-state index is 0.879. The first-order valence-corrected chi connectivity index (χ1v) is 6.11. The molecule has 0 aliphatic heterocycles. The van der Waals surface area contributed by atoms with E-state index >= 15 is 0 Å². The van der Waals surface area contributed by atoms with E-state index in [2.05, 4.69) is 51.3 Å². The van der Waals surface area contributed by atoms with Gasteiger partial charge in [-0.25, -0.2) is 0 Å². The summed E-state index contributed by atoms with van der Waals surface area (Å²) in [4.78, 5) is 3.98. The zero-order valence-corrected chi connectivity index (χ0v) is 11.1. The van der Waals surface area contributed by atoms with Gasteiger partial charge in [0.2, 0.25) is 0 Å². The highest BCUT2D eigenvalue weighted by Gasteiger charge is 1.90. The Morgan fingerprint density at radius 2 is 1.76 bits per heavy atom. The molecule has 2 aromatic rings. The number of benzene rings is 1. The van der Waals surface area contributed by atoms with Crippen LogP contribution in [0.15, 0.2) is 48.8 Å². The molecule has 0 fully saturated rings. The zero-order valence-electron chi connectivity index (χ0n) is 8.94. The van der Waals surface area contributed by atoms with Gasteiger partial charge in [0.1, 0.15) is 0 Å². The second-order valence-corrected chi connectivity index (χ2v) is 4.38.